The minimum Gasteiger partial charge on any atom is -0.481 e. The van der Waals surface area contributed by atoms with Crippen molar-refractivity contribution in [3.05, 3.63) is 46.4 Å². The van der Waals surface area contributed by atoms with E-state index in [2.05, 4.69) is 10.3 Å². The van der Waals surface area contributed by atoms with Gasteiger partial charge in [-0.1, -0.05) is 37.5 Å². The van der Waals surface area contributed by atoms with E-state index in [1.54, 1.807) is 30.3 Å². The zero-order valence-electron chi connectivity index (χ0n) is 13.2. The molecule has 0 radical (unpaired) electrons. The van der Waals surface area contributed by atoms with Crippen molar-refractivity contribution in [2.24, 2.45) is 5.92 Å². The summed E-state index contributed by atoms with van der Waals surface area (Å²) in [6.45, 7) is 0. The Morgan fingerprint density at radius 3 is 2.67 bits per heavy atom. The second-order valence-electron chi connectivity index (χ2n) is 6.26. The first-order valence-corrected chi connectivity index (χ1v) is 8.22. The van der Waals surface area contributed by atoms with E-state index in [0.717, 1.165) is 19.3 Å². The number of aromatic amines is 1. The number of hydrogen-bond donors (Lipinski definition) is 3. The van der Waals surface area contributed by atoms with Gasteiger partial charge in [-0.05, 0) is 30.4 Å². The molecular weight excluding hydrogens is 308 g/mol. The number of pyridine rings is 1. The Hall–Kier alpha value is -2.63. The predicted molar refractivity (Wildman–Crippen MR) is 90.0 cm³/mol. The first-order valence-electron chi connectivity index (χ1n) is 8.22. The Balaban J connectivity index is 1.86. The van der Waals surface area contributed by atoms with E-state index in [0.29, 0.717) is 23.6 Å². The SMILES string of the molecule is O=C(N[C@H]1CCCCC[C@H]1C(=O)O)c1cc2ccccc2c(=O)[nH]1. The molecule has 0 unspecified atom stereocenters. The molecule has 1 saturated carbocycles. The highest BCUT2D eigenvalue weighted by atomic mass is 16.4. The summed E-state index contributed by atoms with van der Waals surface area (Å²) < 4.78 is 0. The van der Waals surface area contributed by atoms with Gasteiger partial charge in [0.15, 0.2) is 0 Å². The van der Waals surface area contributed by atoms with Crippen molar-refractivity contribution < 1.29 is 14.7 Å². The lowest BCUT2D eigenvalue weighted by Crippen LogP contribution is -2.43. The monoisotopic (exact) mass is 328 g/mol. The van der Waals surface area contributed by atoms with E-state index in [-0.39, 0.29) is 11.3 Å². The quantitative estimate of drug-likeness (QED) is 0.753. The van der Waals surface area contributed by atoms with Crippen molar-refractivity contribution in [2.75, 3.05) is 0 Å². The van der Waals surface area contributed by atoms with Crippen LogP contribution >= 0.6 is 0 Å². The summed E-state index contributed by atoms with van der Waals surface area (Å²) in [5.74, 6) is -1.89. The number of rotatable bonds is 3. The van der Waals surface area contributed by atoms with Crippen LogP contribution in [-0.2, 0) is 4.79 Å². The van der Waals surface area contributed by atoms with Crippen molar-refractivity contribution >= 4 is 22.6 Å². The van der Waals surface area contributed by atoms with Crippen LogP contribution in [0.3, 0.4) is 0 Å². The lowest BCUT2D eigenvalue weighted by atomic mass is 9.94. The van der Waals surface area contributed by atoms with Gasteiger partial charge in [0.1, 0.15) is 5.69 Å². The van der Waals surface area contributed by atoms with Gasteiger partial charge in [-0.2, -0.15) is 0 Å². The molecule has 1 aromatic heterocycles. The molecule has 0 bridgehead atoms. The topological polar surface area (TPSA) is 99.3 Å². The van der Waals surface area contributed by atoms with E-state index in [1.165, 1.54) is 0 Å². The molecule has 1 heterocycles. The van der Waals surface area contributed by atoms with Crippen LogP contribution in [0.15, 0.2) is 35.1 Å². The zero-order valence-corrected chi connectivity index (χ0v) is 13.2. The van der Waals surface area contributed by atoms with Crippen molar-refractivity contribution in [1.29, 1.82) is 0 Å². The maximum atomic E-state index is 12.5. The fourth-order valence-corrected chi connectivity index (χ4v) is 3.36. The highest BCUT2D eigenvalue weighted by molar-refractivity contribution is 5.96. The summed E-state index contributed by atoms with van der Waals surface area (Å²) in [4.78, 5) is 38.6. The third-order valence-corrected chi connectivity index (χ3v) is 4.65. The van der Waals surface area contributed by atoms with Crippen LogP contribution in [0.25, 0.3) is 10.8 Å². The molecule has 6 nitrogen and oxygen atoms in total. The molecule has 1 fully saturated rings. The Morgan fingerprint density at radius 2 is 1.88 bits per heavy atom. The third kappa shape index (κ3) is 3.32. The van der Waals surface area contributed by atoms with Gasteiger partial charge in [-0.3, -0.25) is 14.4 Å². The molecule has 0 saturated heterocycles. The van der Waals surface area contributed by atoms with Crippen LogP contribution in [0.4, 0.5) is 0 Å². The number of carboxylic acid groups (broad SMARTS) is 1. The summed E-state index contributed by atoms with van der Waals surface area (Å²) in [6.07, 6.45) is 3.93. The molecule has 2 atom stereocenters. The number of carbonyl (C=O) groups excluding carboxylic acids is 1. The van der Waals surface area contributed by atoms with Crippen LogP contribution in [0.5, 0.6) is 0 Å². The average Bonchev–Trinajstić information content (AvgIpc) is 2.80. The Morgan fingerprint density at radius 1 is 1.12 bits per heavy atom. The van der Waals surface area contributed by atoms with Gasteiger partial charge in [0, 0.05) is 11.4 Å². The number of aliphatic carboxylic acids is 1. The van der Waals surface area contributed by atoms with Crippen LogP contribution in [0.2, 0.25) is 0 Å². The molecule has 24 heavy (non-hydrogen) atoms. The normalized spacial score (nSPS) is 21.2. The fraction of sp³-hybridized carbons (Fsp3) is 0.389. The van der Waals surface area contributed by atoms with E-state index in [9.17, 15) is 19.5 Å². The molecule has 0 spiro atoms. The van der Waals surface area contributed by atoms with Crippen molar-refractivity contribution in [1.82, 2.24) is 10.3 Å². The van der Waals surface area contributed by atoms with Crippen LogP contribution in [0, 0.1) is 5.92 Å². The largest absolute Gasteiger partial charge is 0.481 e. The van der Waals surface area contributed by atoms with E-state index < -0.39 is 23.8 Å². The molecule has 1 aromatic carbocycles. The van der Waals surface area contributed by atoms with E-state index in [1.807, 2.05) is 0 Å². The lowest BCUT2D eigenvalue weighted by Gasteiger charge is -2.22. The van der Waals surface area contributed by atoms with Gasteiger partial charge in [-0.25, -0.2) is 0 Å². The average molecular weight is 328 g/mol. The van der Waals surface area contributed by atoms with E-state index in [4.69, 9.17) is 0 Å². The number of H-pyrrole nitrogens is 1. The molecule has 126 valence electrons. The molecule has 1 amide bonds. The van der Waals surface area contributed by atoms with Gasteiger partial charge in [0.25, 0.3) is 11.5 Å². The van der Waals surface area contributed by atoms with Crippen LogP contribution in [0.1, 0.15) is 42.6 Å². The number of amides is 1. The number of hydrogen-bond acceptors (Lipinski definition) is 3. The second kappa shape index (κ2) is 6.86. The number of aromatic nitrogens is 1. The van der Waals surface area contributed by atoms with Crippen molar-refractivity contribution in [3.8, 4) is 0 Å². The molecule has 3 rings (SSSR count). The highest BCUT2D eigenvalue weighted by Crippen LogP contribution is 2.24. The number of fused-ring (bicyclic) bond motifs is 1. The first kappa shape index (κ1) is 16.2. The zero-order chi connectivity index (χ0) is 17.1. The van der Waals surface area contributed by atoms with Crippen LogP contribution in [-0.4, -0.2) is 28.0 Å². The van der Waals surface area contributed by atoms with Crippen molar-refractivity contribution in [3.63, 3.8) is 0 Å². The molecular formula is C18H20N2O4. The molecule has 1 aliphatic rings. The number of carbonyl (C=O) groups is 2. The van der Waals surface area contributed by atoms with Crippen LogP contribution < -0.4 is 10.9 Å². The fourth-order valence-electron chi connectivity index (χ4n) is 3.36. The first-order chi connectivity index (χ1) is 11.6. The maximum Gasteiger partial charge on any atom is 0.308 e. The predicted octanol–water partition coefficient (Wildman–Crippen LogP) is 2.29. The minimum absolute atomic E-state index is 0.159. The third-order valence-electron chi connectivity index (χ3n) is 4.65. The van der Waals surface area contributed by atoms with Gasteiger partial charge >= 0.3 is 5.97 Å². The van der Waals surface area contributed by atoms with Gasteiger partial charge in [0.05, 0.1) is 5.92 Å². The highest BCUT2D eigenvalue weighted by Gasteiger charge is 2.31. The molecule has 0 aliphatic heterocycles. The summed E-state index contributed by atoms with van der Waals surface area (Å²) in [5, 5.41) is 13.4. The summed E-state index contributed by atoms with van der Waals surface area (Å²) in [7, 11) is 0. The summed E-state index contributed by atoms with van der Waals surface area (Å²) in [6, 6.07) is 8.25. The number of nitrogens with one attached hydrogen (secondary N) is 2. The second-order valence-corrected chi connectivity index (χ2v) is 6.26. The van der Waals surface area contributed by atoms with Crippen molar-refractivity contribution in [2.45, 2.75) is 38.1 Å². The smallest absolute Gasteiger partial charge is 0.308 e. The maximum absolute atomic E-state index is 12.5. The Bertz CT molecular complexity index is 827. The standard InChI is InChI=1S/C18H20N2O4/c21-16-12-7-5-4-6-11(12)10-15(20-16)17(22)19-14-9-3-1-2-8-13(14)18(23)24/h4-7,10,13-14H,1-3,8-9H2,(H,19,22)(H,20,21)(H,23,24)/t13-,14+/m1/s1. The Labute approximate surface area is 138 Å². The molecule has 2 aromatic rings. The van der Waals surface area contributed by atoms with Gasteiger partial charge in [-0.15, -0.1) is 0 Å². The number of benzene rings is 1. The molecule has 1 aliphatic carbocycles. The summed E-state index contributed by atoms with van der Waals surface area (Å²) in [5.41, 5.74) is -0.166. The molecule has 3 N–H and O–H groups in total. The van der Waals surface area contributed by atoms with Gasteiger partial charge < -0.3 is 15.4 Å². The van der Waals surface area contributed by atoms with E-state index >= 15 is 0 Å². The summed E-state index contributed by atoms with van der Waals surface area (Å²) >= 11 is 0. The minimum atomic E-state index is -0.880. The molecule has 6 heteroatoms. The van der Waals surface area contributed by atoms with Gasteiger partial charge in [0.2, 0.25) is 0 Å². The Kier molecular flexibility index (Phi) is 4.64. The number of carboxylic acids is 1. The lowest BCUT2D eigenvalue weighted by molar-refractivity contribution is -0.142.